The Kier molecular flexibility index (Phi) is 8.79. The molecule has 0 aliphatic carbocycles. The van der Waals surface area contributed by atoms with Crippen molar-refractivity contribution in [1.82, 2.24) is 19.4 Å². The number of amides is 1. The van der Waals surface area contributed by atoms with Crippen LogP contribution in [-0.2, 0) is 22.7 Å². The van der Waals surface area contributed by atoms with Crippen molar-refractivity contribution >= 4 is 27.6 Å². The first kappa shape index (κ1) is 30.3. The van der Waals surface area contributed by atoms with Crippen LogP contribution in [-0.4, -0.2) is 84.4 Å². The van der Waals surface area contributed by atoms with Crippen molar-refractivity contribution in [2.75, 3.05) is 54.1 Å². The highest BCUT2D eigenvalue weighted by Crippen LogP contribution is 2.41. The van der Waals surface area contributed by atoms with E-state index in [-0.39, 0.29) is 31.3 Å². The summed E-state index contributed by atoms with van der Waals surface area (Å²) in [5, 5.41) is 13.4. The lowest BCUT2D eigenvalue weighted by molar-refractivity contribution is -0.138. The van der Waals surface area contributed by atoms with Gasteiger partial charge in [0.05, 0.1) is 33.0 Å². The molecule has 1 N–H and O–H groups in total. The van der Waals surface area contributed by atoms with Crippen molar-refractivity contribution in [2.45, 2.75) is 13.2 Å². The van der Waals surface area contributed by atoms with Crippen LogP contribution < -0.4 is 15.0 Å². The monoisotopic (exact) mass is 608 g/mol. The van der Waals surface area contributed by atoms with Gasteiger partial charge in [-0.05, 0) is 87.9 Å². The normalized spacial score (nSPS) is 13.8. The Labute approximate surface area is 261 Å². The Bertz CT molecular complexity index is 1930. The van der Waals surface area contributed by atoms with Crippen LogP contribution in [0, 0.1) is 0 Å². The number of aliphatic hydroxyl groups excluding tert-OH is 1. The maximum absolute atomic E-state index is 13.1. The lowest BCUT2D eigenvalue weighted by atomic mass is 9.90. The van der Waals surface area contributed by atoms with Gasteiger partial charge in [0.2, 0.25) is 5.91 Å². The molecular formula is C35H36N4O6. The van der Waals surface area contributed by atoms with Gasteiger partial charge in [0.15, 0.2) is 11.5 Å². The summed E-state index contributed by atoms with van der Waals surface area (Å²) in [6.45, 7) is 2.79. The molecule has 10 nitrogen and oxygen atoms in total. The molecule has 1 saturated heterocycles. The molecule has 3 aromatic carbocycles. The van der Waals surface area contributed by atoms with Crippen molar-refractivity contribution in [2.24, 2.45) is 0 Å². The number of methoxy groups -OCH3 is 2. The maximum atomic E-state index is 13.1. The Morgan fingerprint density at radius 3 is 2.42 bits per heavy atom. The summed E-state index contributed by atoms with van der Waals surface area (Å²) in [7, 11) is 5.20. The summed E-state index contributed by atoms with van der Waals surface area (Å²) < 4.78 is 18.8. The number of pyridine rings is 2. The van der Waals surface area contributed by atoms with Crippen LogP contribution in [0.1, 0.15) is 11.1 Å². The van der Waals surface area contributed by atoms with Gasteiger partial charge in [-0.1, -0.05) is 18.2 Å². The van der Waals surface area contributed by atoms with Gasteiger partial charge in [-0.25, -0.2) is 4.98 Å². The van der Waals surface area contributed by atoms with Crippen molar-refractivity contribution in [3.8, 4) is 28.4 Å². The minimum atomic E-state index is -0.281. The van der Waals surface area contributed by atoms with Crippen LogP contribution in [0.3, 0.4) is 0 Å². The van der Waals surface area contributed by atoms with Crippen LogP contribution in [0.15, 0.2) is 77.7 Å². The van der Waals surface area contributed by atoms with E-state index in [0.717, 1.165) is 51.5 Å². The minimum Gasteiger partial charge on any atom is -0.493 e. The Morgan fingerprint density at radius 2 is 1.67 bits per heavy atom. The van der Waals surface area contributed by atoms with E-state index in [1.54, 1.807) is 31.0 Å². The largest absolute Gasteiger partial charge is 0.493 e. The number of para-hydroxylation sites is 1. The zero-order valence-corrected chi connectivity index (χ0v) is 25.7. The Morgan fingerprint density at radius 1 is 0.911 bits per heavy atom. The summed E-state index contributed by atoms with van der Waals surface area (Å²) in [5.74, 6) is 1.49. The average Bonchev–Trinajstić information content (AvgIpc) is 3.07. The van der Waals surface area contributed by atoms with Gasteiger partial charge < -0.3 is 29.1 Å². The molecule has 6 rings (SSSR count). The summed E-state index contributed by atoms with van der Waals surface area (Å²) >= 11 is 0. The SMILES string of the molecule is COc1cc2cc(COCC(=O)N3CCN(C)CC3)c(CO)c(-c3ccnc(-n4c(=O)ccc5ccccc54)c3)c2cc1OC. The standard InChI is InChI=1S/C35H36N4O6/c1-37-12-14-38(15-13-37)34(42)22-45-21-26-16-25-17-30(43-2)31(44-3)19-27(25)35(28(26)20-40)24-10-11-36-32(18-24)39-29-7-5-4-6-23(29)8-9-33(39)41/h4-11,16-19,40H,12-15,20-22H2,1-3H3. The molecule has 1 fully saturated rings. The van der Waals surface area contributed by atoms with E-state index in [1.165, 1.54) is 6.07 Å². The van der Waals surface area contributed by atoms with Gasteiger partial charge in [0, 0.05) is 38.4 Å². The Hall–Kier alpha value is -4.77. The highest BCUT2D eigenvalue weighted by atomic mass is 16.5. The molecule has 1 amide bonds. The quantitative estimate of drug-likeness (QED) is 0.268. The highest BCUT2D eigenvalue weighted by Gasteiger charge is 2.21. The van der Waals surface area contributed by atoms with E-state index in [9.17, 15) is 14.7 Å². The van der Waals surface area contributed by atoms with E-state index in [1.807, 2.05) is 66.5 Å². The third kappa shape index (κ3) is 6.00. The maximum Gasteiger partial charge on any atom is 0.256 e. The van der Waals surface area contributed by atoms with E-state index < -0.39 is 0 Å². The van der Waals surface area contributed by atoms with Crippen LogP contribution in [0.4, 0.5) is 0 Å². The average molecular weight is 609 g/mol. The van der Waals surface area contributed by atoms with E-state index in [4.69, 9.17) is 14.2 Å². The molecule has 5 aromatic rings. The second-order valence-electron chi connectivity index (χ2n) is 11.1. The number of nitrogens with zero attached hydrogens (tertiary/aromatic N) is 4. The van der Waals surface area contributed by atoms with Gasteiger partial charge in [0.25, 0.3) is 5.56 Å². The summed E-state index contributed by atoms with van der Waals surface area (Å²) in [6, 6.07) is 20.4. The number of carbonyl (C=O) groups is 1. The molecule has 0 atom stereocenters. The minimum absolute atomic E-state index is 0.0552. The number of aliphatic hydroxyl groups is 1. The number of carbonyl (C=O) groups excluding carboxylic acids is 1. The zero-order valence-electron chi connectivity index (χ0n) is 25.7. The molecule has 232 valence electrons. The molecule has 0 radical (unpaired) electrons. The lowest BCUT2D eigenvalue weighted by Gasteiger charge is -2.32. The molecular weight excluding hydrogens is 572 g/mol. The second-order valence-corrected chi connectivity index (χ2v) is 11.1. The first-order valence-corrected chi connectivity index (χ1v) is 14.8. The van der Waals surface area contributed by atoms with Crippen LogP contribution in [0.2, 0.25) is 0 Å². The first-order chi connectivity index (χ1) is 21.9. The first-order valence-electron chi connectivity index (χ1n) is 14.8. The van der Waals surface area contributed by atoms with Crippen molar-refractivity contribution in [3.05, 3.63) is 94.4 Å². The molecule has 0 unspecified atom stereocenters. The number of rotatable bonds is 9. The van der Waals surface area contributed by atoms with Gasteiger partial charge in [0.1, 0.15) is 12.4 Å². The van der Waals surface area contributed by atoms with Crippen molar-refractivity contribution in [3.63, 3.8) is 0 Å². The fourth-order valence-corrected chi connectivity index (χ4v) is 5.98. The Balaban J connectivity index is 1.45. The van der Waals surface area contributed by atoms with Gasteiger partial charge in [-0.3, -0.25) is 14.2 Å². The number of hydrogen-bond acceptors (Lipinski definition) is 8. The molecule has 1 aliphatic rings. The van der Waals surface area contributed by atoms with Crippen molar-refractivity contribution in [1.29, 1.82) is 0 Å². The number of aromatic nitrogens is 2. The molecule has 3 heterocycles. The van der Waals surface area contributed by atoms with E-state index in [0.29, 0.717) is 36.0 Å². The molecule has 2 aromatic heterocycles. The number of hydrogen-bond donors (Lipinski definition) is 1. The second kappa shape index (κ2) is 13.1. The van der Waals surface area contributed by atoms with Gasteiger partial charge in [-0.2, -0.15) is 0 Å². The molecule has 45 heavy (non-hydrogen) atoms. The number of piperazine rings is 1. The lowest BCUT2D eigenvalue weighted by Crippen LogP contribution is -2.48. The summed E-state index contributed by atoms with van der Waals surface area (Å²) in [5.41, 5.74) is 3.40. The fraction of sp³-hybridized carbons (Fsp3) is 0.286. The highest BCUT2D eigenvalue weighted by molar-refractivity contribution is 6.01. The molecule has 0 bridgehead atoms. The molecule has 0 spiro atoms. The van der Waals surface area contributed by atoms with E-state index in [2.05, 4.69) is 9.88 Å². The number of fused-ring (bicyclic) bond motifs is 2. The summed E-state index contributed by atoms with van der Waals surface area (Å²) in [4.78, 5) is 34.6. The van der Waals surface area contributed by atoms with Crippen LogP contribution in [0.5, 0.6) is 11.5 Å². The summed E-state index contributed by atoms with van der Waals surface area (Å²) in [6.07, 6.45) is 1.66. The van der Waals surface area contributed by atoms with Gasteiger partial charge in [-0.15, -0.1) is 0 Å². The number of ether oxygens (including phenoxy) is 3. The molecule has 1 aliphatic heterocycles. The predicted octanol–water partition coefficient (Wildman–Crippen LogP) is 4.01. The van der Waals surface area contributed by atoms with Crippen LogP contribution >= 0.6 is 0 Å². The van der Waals surface area contributed by atoms with Gasteiger partial charge >= 0.3 is 0 Å². The third-order valence-electron chi connectivity index (χ3n) is 8.41. The van der Waals surface area contributed by atoms with Crippen molar-refractivity contribution < 1.29 is 24.1 Å². The predicted molar refractivity (Wildman–Crippen MR) is 173 cm³/mol. The van der Waals surface area contributed by atoms with E-state index >= 15 is 0 Å². The third-order valence-corrected chi connectivity index (χ3v) is 8.41. The van der Waals surface area contributed by atoms with Crippen LogP contribution in [0.25, 0.3) is 38.6 Å². The number of benzene rings is 3. The number of likely N-dealkylation sites (N-methyl/N-ethyl adjacent to an activating group) is 1. The zero-order chi connectivity index (χ0) is 31.5. The molecule has 10 heteroatoms. The molecule has 0 saturated carbocycles. The fourth-order valence-electron chi connectivity index (χ4n) is 5.98. The topological polar surface area (TPSA) is 106 Å². The smallest absolute Gasteiger partial charge is 0.256 e.